The number of nitrogens with one attached hydrogen (secondary N) is 3. The number of nitrogens with zero attached hydrogens (tertiary/aromatic N) is 3. The molecule has 2 aliphatic carbocycles. The van der Waals surface area contributed by atoms with Crippen LogP contribution >= 0.6 is 0 Å². The molecule has 1 unspecified atom stereocenters. The zero-order valence-electron chi connectivity index (χ0n) is 29.3. The van der Waals surface area contributed by atoms with E-state index < -0.39 is 74.7 Å². The van der Waals surface area contributed by atoms with Crippen molar-refractivity contribution < 1.29 is 32.4 Å². The quantitative estimate of drug-likeness (QED) is 0.207. The Morgan fingerprint density at radius 3 is 1.96 bits per heavy atom. The molecule has 0 aromatic carbocycles. The zero-order valence-corrected chi connectivity index (χ0v) is 30.1. The molecular weight excluding hydrogens is 614 g/mol. The highest BCUT2D eigenvalue weighted by Gasteiger charge is 2.70. The summed E-state index contributed by atoms with van der Waals surface area (Å²) in [5.74, 6) is -2.80. The smallest absolute Gasteiger partial charge is 0.315 e. The number of hydrogen-bond donors (Lipinski definition) is 4. The van der Waals surface area contributed by atoms with E-state index in [1.54, 1.807) is 0 Å². The molecule has 1 heterocycles. The van der Waals surface area contributed by atoms with Crippen LogP contribution in [0.1, 0.15) is 74.7 Å². The van der Waals surface area contributed by atoms with Gasteiger partial charge in [-0.3, -0.25) is 19.2 Å². The van der Waals surface area contributed by atoms with E-state index in [2.05, 4.69) is 16.0 Å². The van der Waals surface area contributed by atoms with Gasteiger partial charge >= 0.3 is 6.03 Å². The van der Waals surface area contributed by atoms with E-state index >= 15 is 0 Å². The molecule has 0 aromatic heterocycles. The number of fused-ring (bicyclic) bond motifs is 1. The highest BCUT2D eigenvalue weighted by molar-refractivity contribution is 7.86. The van der Waals surface area contributed by atoms with Gasteiger partial charge in [0.1, 0.15) is 12.1 Å². The summed E-state index contributed by atoms with van der Waals surface area (Å²) in [5.41, 5.74) is 3.77. The van der Waals surface area contributed by atoms with Gasteiger partial charge in [-0.15, -0.1) is 0 Å². The summed E-state index contributed by atoms with van der Waals surface area (Å²) in [6.45, 7) is 15.4. The summed E-state index contributed by atoms with van der Waals surface area (Å²) in [7, 11) is 0.557. The molecule has 5 amide bonds. The summed E-state index contributed by atoms with van der Waals surface area (Å²) in [6, 6.07) is -4.25. The third-order valence-corrected chi connectivity index (χ3v) is 11.8. The minimum atomic E-state index is -3.74. The summed E-state index contributed by atoms with van der Waals surface area (Å²) in [5, 5.41) is 8.45. The van der Waals surface area contributed by atoms with Gasteiger partial charge in [0, 0.05) is 40.3 Å². The lowest BCUT2D eigenvalue weighted by atomic mass is 9.85. The molecule has 2 saturated carbocycles. The summed E-state index contributed by atoms with van der Waals surface area (Å²) >= 11 is 0. The first kappa shape index (κ1) is 37.7. The van der Waals surface area contributed by atoms with Crippen LogP contribution in [0.2, 0.25) is 0 Å². The van der Waals surface area contributed by atoms with Crippen LogP contribution in [0, 0.1) is 34.0 Å². The second-order valence-electron chi connectivity index (χ2n) is 16.3. The fourth-order valence-corrected chi connectivity index (χ4v) is 7.37. The Balaban J connectivity index is 1.83. The topological polar surface area (TPSA) is 191 Å². The third-order valence-electron chi connectivity index (χ3n) is 9.94. The highest BCUT2D eigenvalue weighted by atomic mass is 32.2. The molecule has 5 N–H and O–H groups in total. The first-order chi connectivity index (χ1) is 20.8. The monoisotopic (exact) mass is 669 g/mol. The number of hydrogen-bond acceptors (Lipinski definition) is 7. The fourth-order valence-electron chi connectivity index (χ4n) is 6.47. The molecular formula is C31H55N7O7S. The van der Waals surface area contributed by atoms with Crippen molar-refractivity contribution in [3.05, 3.63) is 0 Å². The number of Topliss-reactive ketones (excluding diaryl/α,β-unsaturated/α-hetero) is 1. The number of ketones is 1. The van der Waals surface area contributed by atoms with Crippen molar-refractivity contribution in [2.45, 2.75) is 98.8 Å². The molecule has 3 fully saturated rings. The van der Waals surface area contributed by atoms with Crippen molar-refractivity contribution in [2.75, 3.05) is 34.2 Å². The van der Waals surface area contributed by atoms with Gasteiger partial charge in [-0.2, -0.15) is 17.0 Å². The number of amides is 5. The van der Waals surface area contributed by atoms with Gasteiger partial charge in [0.05, 0.1) is 6.04 Å². The number of urea groups is 1. The lowest BCUT2D eigenvalue weighted by Crippen LogP contribution is -2.62. The number of nitrogens with two attached hydrogens (primary N) is 1. The van der Waals surface area contributed by atoms with Crippen molar-refractivity contribution in [3.63, 3.8) is 0 Å². The second kappa shape index (κ2) is 13.0. The number of carbonyl (C=O) groups excluding carboxylic acids is 5. The number of rotatable bonds is 13. The van der Waals surface area contributed by atoms with E-state index in [1.807, 2.05) is 55.4 Å². The Hall–Kier alpha value is -2.78. The fraction of sp³-hybridized carbons (Fsp3) is 0.839. The Morgan fingerprint density at radius 2 is 1.50 bits per heavy atom. The molecule has 0 bridgehead atoms. The lowest BCUT2D eigenvalue weighted by molar-refractivity contribution is -0.145. The molecule has 14 nitrogen and oxygen atoms in total. The average Bonchev–Trinajstić information content (AvgIpc) is 3.76. The van der Waals surface area contributed by atoms with Crippen LogP contribution in [0.25, 0.3) is 0 Å². The molecule has 262 valence electrons. The Morgan fingerprint density at radius 1 is 0.935 bits per heavy atom. The summed E-state index contributed by atoms with van der Waals surface area (Å²) in [4.78, 5) is 67.5. The van der Waals surface area contributed by atoms with Crippen LogP contribution in [0.3, 0.4) is 0 Å². The van der Waals surface area contributed by atoms with E-state index in [1.165, 1.54) is 26.0 Å². The van der Waals surface area contributed by atoms with Gasteiger partial charge in [0.25, 0.3) is 16.1 Å². The zero-order chi connectivity index (χ0) is 35.3. The van der Waals surface area contributed by atoms with E-state index in [0.717, 1.165) is 21.5 Å². The highest BCUT2D eigenvalue weighted by Crippen LogP contribution is 2.65. The number of primary amides is 1. The van der Waals surface area contributed by atoms with E-state index in [4.69, 9.17) is 5.73 Å². The van der Waals surface area contributed by atoms with Crippen LogP contribution in [0.4, 0.5) is 4.79 Å². The van der Waals surface area contributed by atoms with Gasteiger partial charge in [-0.1, -0.05) is 68.2 Å². The van der Waals surface area contributed by atoms with Gasteiger partial charge in [0.2, 0.25) is 17.6 Å². The van der Waals surface area contributed by atoms with Crippen LogP contribution in [0.5, 0.6) is 0 Å². The second-order valence-corrected chi connectivity index (χ2v) is 18.5. The molecule has 0 aromatic rings. The summed E-state index contributed by atoms with van der Waals surface area (Å²) < 4.78 is 27.6. The molecule has 15 heteroatoms. The summed E-state index contributed by atoms with van der Waals surface area (Å²) in [6.07, 6.45) is 2.13. The maximum absolute atomic E-state index is 14.3. The van der Waals surface area contributed by atoms with Crippen LogP contribution in [-0.2, 0) is 29.4 Å². The van der Waals surface area contributed by atoms with E-state index in [-0.39, 0.29) is 29.7 Å². The molecule has 3 aliphatic rings. The van der Waals surface area contributed by atoms with Crippen LogP contribution in [-0.4, -0.2) is 110 Å². The Labute approximate surface area is 274 Å². The molecule has 0 spiro atoms. The number of likely N-dealkylation sites (tertiary alicyclic amines) is 1. The largest absolute Gasteiger partial charge is 0.363 e. The minimum absolute atomic E-state index is 0.00950. The SMILES string of the molecule is CN(C)S(=O)(=O)N(C)C[C@@H](NC(=O)N[C@H](C(=O)N1C[C@H]2[C@@H]([C@H]1C(=O)NC(CC1CC1)C(=O)C(N)=O)C2(C)C)C(C)(C)C)C(C)(C)C. The molecule has 1 saturated heterocycles. The standard InChI is InChI=1S/C31H55N7O7S/c1-29(2,3)20(16-37(11)46(44,45)36(9)10)34-28(43)35-24(30(4,5)6)27(42)38-15-18-21(31(18,7)8)22(38)26(41)33-19(14-17-12-13-17)23(39)25(32)40/h17-22,24H,12-16H2,1-11H3,(H2,32,40)(H,33,41)(H2,34,35,43)/t18-,19?,20+,21-,22-,24+/m0/s1. The lowest BCUT2D eigenvalue weighted by Gasteiger charge is -2.39. The Kier molecular flexibility index (Phi) is 10.7. The molecule has 1 aliphatic heterocycles. The van der Waals surface area contributed by atoms with Crippen LogP contribution in [0.15, 0.2) is 0 Å². The first-order valence-electron chi connectivity index (χ1n) is 16.0. The third kappa shape index (κ3) is 8.19. The van der Waals surface area contributed by atoms with Gasteiger partial charge in [0.15, 0.2) is 0 Å². The number of piperidine rings is 1. The average molecular weight is 670 g/mol. The molecule has 46 heavy (non-hydrogen) atoms. The van der Waals surface area contributed by atoms with E-state index in [0.29, 0.717) is 13.0 Å². The van der Waals surface area contributed by atoms with Crippen molar-refractivity contribution >= 4 is 39.7 Å². The van der Waals surface area contributed by atoms with Gasteiger partial charge < -0.3 is 26.6 Å². The number of carbonyl (C=O) groups is 5. The van der Waals surface area contributed by atoms with Crippen LogP contribution < -0.4 is 21.7 Å². The maximum Gasteiger partial charge on any atom is 0.315 e. The van der Waals surface area contributed by atoms with Crippen molar-refractivity contribution in [1.82, 2.24) is 29.5 Å². The number of likely N-dealkylation sites (N-methyl/N-ethyl adjacent to an activating group) is 1. The minimum Gasteiger partial charge on any atom is -0.363 e. The van der Waals surface area contributed by atoms with Gasteiger partial charge in [-0.05, 0) is 40.4 Å². The predicted molar refractivity (Wildman–Crippen MR) is 173 cm³/mol. The molecule has 0 radical (unpaired) electrons. The maximum atomic E-state index is 14.3. The van der Waals surface area contributed by atoms with Crippen molar-refractivity contribution in [2.24, 2.45) is 39.7 Å². The van der Waals surface area contributed by atoms with Gasteiger partial charge in [-0.25, -0.2) is 4.79 Å². The van der Waals surface area contributed by atoms with Crippen molar-refractivity contribution in [3.8, 4) is 0 Å². The van der Waals surface area contributed by atoms with Crippen molar-refractivity contribution in [1.29, 1.82) is 0 Å². The predicted octanol–water partition coefficient (Wildman–Crippen LogP) is 0.676. The van der Waals surface area contributed by atoms with E-state index in [9.17, 15) is 32.4 Å². The normalized spacial score (nSPS) is 24.5. The Bertz CT molecular complexity index is 1330. The first-order valence-corrected chi connectivity index (χ1v) is 17.4. The molecule has 3 rings (SSSR count). The molecule has 6 atom stereocenters.